The van der Waals surface area contributed by atoms with Crippen LogP contribution in [0.5, 0.6) is 11.5 Å². The first-order valence-electron chi connectivity index (χ1n) is 11.8. The number of benzene rings is 2. The van der Waals surface area contributed by atoms with E-state index in [0.29, 0.717) is 24.2 Å². The number of hydrogen-bond donors (Lipinski definition) is 1. The first-order valence-corrected chi connectivity index (χ1v) is 11.8. The summed E-state index contributed by atoms with van der Waals surface area (Å²) < 4.78 is 10.9. The molecule has 0 bridgehead atoms. The van der Waals surface area contributed by atoms with Gasteiger partial charge in [0.25, 0.3) is 0 Å². The maximum absolute atomic E-state index is 12.5. The molecule has 2 aliphatic rings. The van der Waals surface area contributed by atoms with Gasteiger partial charge in [-0.2, -0.15) is 0 Å². The zero-order chi connectivity index (χ0) is 23.5. The van der Waals surface area contributed by atoms with Crippen LogP contribution in [-0.2, 0) is 26.1 Å². The Morgan fingerprint density at radius 1 is 0.912 bits per heavy atom. The molecule has 0 radical (unpaired) electrons. The Balaban J connectivity index is 1.24. The van der Waals surface area contributed by atoms with Gasteiger partial charge in [0.2, 0.25) is 0 Å². The van der Waals surface area contributed by atoms with Crippen LogP contribution in [0.3, 0.4) is 0 Å². The summed E-state index contributed by atoms with van der Waals surface area (Å²) in [6.07, 6.45) is 2.36. The topological polar surface area (TPSA) is 69.4 Å². The third kappa shape index (κ3) is 4.67. The highest BCUT2D eigenvalue weighted by molar-refractivity contribution is 5.58. The van der Waals surface area contributed by atoms with Crippen molar-refractivity contribution < 1.29 is 14.3 Å². The normalized spacial score (nSPS) is 16.9. The lowest BCUT2D eigenvalue weighted by atomic mass is 9.99. The van der Waals surface area contributed by atoms with Crippen LogP contribution < -0.4 is 15.3 Å². The number of fused-ring (bicyclic) bond motifs is 1. The van der Waals surface area contributed by atoms with E-state index in [1.54, 1.807) is 7.11 Å². The fourth-order valence-electron chi connectivity index (χ4n) is 4.99. The standard InChI is InChI=1S/C27H31N3O4/c1-33-25-9-5-4-8-24(25)30-14-12-28(13-15-30)17-22-19-34-27(32)23(26(22)31)18-29-11-10-20-6-2-3-7-21(20)16-29/h2-9,19,31H,10-18H2,1H3. The van der Waals surface area contributed by atoms with Crippen molar-refractivity contribution in [2.75, 3.05) is 44.7 Å². The number of piperazine rings is 1. The van der Waals surface area contributed by atoms with E-state index in [-0.39, 0.29) is 5.75 Å². The van der Waals surface area contributed by atoms with Crippen LogP contribution in [0, 0.1) is 0 Å². The molecule has 0 atom stereocenters. The van der Waals surface area contributed by atoms with E-state index in [1.807, 2.05) is 24.3 Å². The first kappa shape index (κ1) is 22.5. The summed E-state index contributed by atoms with van der Waals surface area (Å²) in [5.74, 6) is 0.950. The third-order valence-corrected chi connectivity index (χ3v) is 6.93. The van der Waals surface area contributed by atoms with Crippen LogP contribution >= 0.6 is 0 Å². The molecular formula is C27H31N3O4. The fraction of sp³-hybridized carbons (Fsp3) is 0.370. The molecule has 3 aromatic rings. The minimum atomic E-state index is -0.457. The Labute approximate surface area is 199 Å². The van der Waals surface area contributed by atoms with E-state index in [2.05, 4.69) is 39.0 Å². The molecule has 178 valence electrons. The molecular weight excluding hydrogens is 430 g/mol. The van der Waals surface area contributed by atoms with Gasteiger partial charge in [-0.05, 0) is 29.7 Å². The number of rotatable bonds is 6. The molecule has 3 heterocycles. The van der Waals surface area contributed by atoms with Gasteiger partial charge in [-0.3, -0.25) is 9.80 Å². The molecule has 34 heavy (non-hydrogen) atoms. The Morgan fingerprint density at radius 3 is 2.44 bits per heavy atom. The average Bonchev–Trinajstić information content (AvgIpc) is 2.88. The van der Waals surface area contributed by atoms with Gasteiger partial charge in [0.15, 0.2) is 0 Å². The summed E-state index contributed by atoms with van der Waals surface area (Å²) in [7, 11) is 1.70. The van der Waals surface area contributed by atoms with E-state index in [1.165, 1.54) is 17.4 Å². The van der Waals surface area contributed by atoms with Gasteiger partial charge in [0, 0.05) is 57.9 Å². The minimum absolute atomic E-state index is 0.0715. The Hall–Kier alpha value is -3.29. The van der Waals surface area contributed by atoms with Crippen molar-refractivity contribution >= 4 is 5.69 Å². The molecule has 0 aliphatic carbocycles. The lowest BCUT2D eigenvalue weighted by molar-refractivity contribution is 0.230. The zero-order valence-corrected chi connectivity index (χ0v) is 19.6. The maximum atomic E-state index is 12.5. The molecule has 7 heteroatoms. The SMILES string of the molecule is COc1ccccc1N1CCN(Cc2coc(=O)c(CN3CCc4ccccc4C3)c2O)CC1. The van der Waals surface area contributed by atoms with Gasteiger partial charge in [-0.1, -0.05) is 36.4 Å². The monoisotopic (exact) mass is 461 g/mol. The predicted octanol–water partition coefficient (Wildman–Crippen LogP) is 3.23. The molecule has 5 rings (SSSR count). The second-order valence-electron chi connectivity index (χ2n) is 9.04. The van der Waals surface area contributed by atoms with E-state index < -0.39 is 5.63 Å². The van der Waals surface area contributed by atoms with Crippen molar-refractivity contribution in [1.82, 2.24) is 9.80 Å². The van der Waals surface area contributed by atoms with Gasteiger partial charge in [0.1, 0.15) is 17.8 Å². The average molecular weight is 462 g/mol. The second kappa shape index (κ2) is 9.91. The highest BCUT2D eigenvalue weighted by Gasteiger charge is 2.24. The lowest BCUT2D eigenvalue weighted by Gasteiger charge is -2.36. The quantitative estimate of drug-likeness (QED) is 0.604. The van der Waals surface area contributed by atoms with Crippen molar-refractivity contribution in [2.24, 2.45) is 0 Å². The zero-order valence-electron chi connectivity index (χ0n) is 19.6. The molecule has 1 N–H and O–H groups in total. The molecule has 1 saturated heterocycles. The number of aromatic hydroxyl groups is 1. The van der Waals surface area contributed by atoms with E-state index >= 15 is 0 Å². The van der Waals surface area contributed by atoms with Crippen LogP contribution in [0.2, 0.25) is 0 Å². The van der Waals surface area contributed by atoms with Crippen LogP contribution in [0.25, 0.3) is 0 Å². The van der Waals surface area contributed by atoms with Gasteiger partial charge in [-0.25, -0.2) is 4.79 Å². The molecule has 1 aromatic heterocycles. The van der Waals surface area contributed by atoms with Crippen molar-refractivity contribution in [2.45, 2.75) is 26.1 Å². The Kier molecular flexibility index (Phi) is 6.56. The van der Waals surface area contributed by atoms with E-state index in [9.17, 15) is 9.90 Å². The summed E-state index contributed by atoms with van der Waals surface area (Å²) in [4.78, 5) is 19.3. The fourth-order valence-corrected chi connectivity index (χ4v) is 4.99. The Bertz CT molecular complexity index is 1200. The van der Waals surface area contributed by atoms with Crippen molar-refractivity contribution in [3.63, 3.8) is 0 Å². The largest absolute Gasteiger partial charge is 0.507 e. The molecule has 0 saturated carbocycles. The van der Waals surface area contributed by atoms with Crippen LogP contribution in [0.15, 0.2) is 64.0 Å². The molecule has 0 unspecified atom stereocenters. The third-order valence-electron chi connectivity index (χ3n) is 6.93. The summed E-state index contributed by atoms with van der Waals surface area (Å²) in [5, 5.41) is 11.0. The summed E-state index contributed by atoms with van der Waals surface area (Å²) in [5.41, 5.74) is 4.30. The molecule has 2 aromatic carbocycles. The van der Waals surface area contributed by atoms with Gasteiger partial charge in [0.05, 0.1) is 18.4 Å². The van der Waals surface area contributed by atoms with Gasteiger partial charge in [-0.15, -0.1) is 0 Å². The minimum Gasteiger partial charge on any atom is -0.507 e. The van der Waals surface area contributed by atoms with E-state index in [0.717, 1.165) is 57.1 Å². The summed E-state index contributed by atoms with van der Waals surface area (Å²) >= 11 is 0. The van der Waals surface area contributed by atoms with Crippen molar-refractivity contribution in [1.29, 1.82) is 0 Å². The first-order chi connectivity index (χ1) is 16.6. The molecule has 0 spiro atoms. The highest BCUT2D eigenvalue weighted by atomic mass is 16.5. The number of ether oxygens (including phenoxy) is 1. The van der Waals surface area contributed by atoms with Crippen LogP contribution in [0.4, 0.5) is 5.69 Å². The van der Waals surface area contributed by atoms with Crippen molar-refractivity contribution in [3.8, 4) is 11.5 Å². The van der Waals surface area contributed by atoms with Crippen LogP contribution in [0.1, 0.15) is 22.3 Å². The highest BCUT2D eigenvalue weighted by Crippen LogP contribution is 2.29. The van der Waals surface area contributed by atoms with Gasteiger partial charge < -0.3 is 19.2 Å². The summed E-state index contributed by atoms with van der Waals surface area (Å²) in [6.45, 7) is 5.96. The molecule has 1 fully saturated rings. The molecule has 2 aliphatic heterocycles. The van der Waals surface area contributed by atoms with Crippen molar-refractivity contribution in [3.05, 3.63) is 87.5 Å². The summed E-state index contributed by atoms with van der Waals surface area (Å²) in [6, 6.07) is 16.5. The predicted molar refractivity (Wildman–Crippen MR) is 131 cm³/mol. The number of hydrogen-bond acceptors (Lipinski definition) is 7. The molecule has 0 amide bonds. The number of methoxy groups -OCH3 is 1. The number of nitrogens with zero attached hydrogens (tertiary/aromatic N) is 3. The lowest BCUT2D eigenvalue weighted by Crippen LogP contribution is -2.46. The maximum Gasteiger partial charge on any atom is 0.343 e. The molecule has 7 nitrogen and oxygen atoms in total. The Morgan fingerprint density at radius 2 is 1.65 bits per heavy atom. The number of anilines is 1. The van der Waals surface area contributed by atoms with Gasteiger partial charge >= 0.3 is 5.63 Å². The smallest absolute Gasteiger partial charge is 0.343 e. The number of para-hydroxylation sites is 2. The van der Waals surface area contributed by atoms with E-state index in [4.69, 9.17) is 9.15 Å². The van der Waals surface area contributed by atoms with Crippen LogP contribution in [-0.4, -0.2) is 54.7 Å². The second-order valence-corrected chi connectivity index (χ2v) is 9.04.